The van der Waals surface area contributed by atoms with Crippen molar-refractivity contribution in [1.82, 2.24) is 15.6 Å². The van der Waals surface area contributed by atoms with Crippen LogP contribution in [-0.2, 0) is 24.1 Å². The van der Waals surface area contributed by atoms with Gasteiger partial charge in [0.25, 0.3) is 0 Å². The highest BCUT2D eigenvalue weighted by atomic mass is 32.1. The zero-order valence-corrected chi connectivity index (χ0v) is 15.0. The second kappa shape index (κ2) is 8.65. The number of hydrogen-bond acceptors (Lipinski definition) is 4. The lowest BCUT2D eigenvalue weighted by molar-refractivity contribution is -0.140. The van der Waals surface area contributed by atoms with Gasteiger partial charge in [0.2, 0.25) is 5.91 Å². The number of nitrogens with one attached hydrogen (secondary N) is 3. The molecule has 0 aliphatic heterocycles. The second-order valence-electron chi connectivity index (χ2n) is 5.29. The molecule has 0 radical (unpaired) electrons. The van der Waals surface area contributed by atoms with Gasteiger partial charge in [-0.3, -0.25) is 9.79 Å². The Morgan fingerprint density at radius 3 is 2.62 bits per heavy atom. The highest BCUT2D eigenvalue weighted by molar-refractivity contribution is 7.09. The summed E-state index contributed by atoms with van der Waals surface area (Å²) in [5, 5.41) is 9.97. The van der Waals surface area contributed by atoms with Crippen molar-refractivity contribution in [2.75, 3.05) is 12.4 Å². The third-order valence-electron chi connectivity index (χ3n) is 3.18. The van der Waals surface area contributed by atoms with Gasteiger partial charge in [-0.15, -0.1) is 11.3 Å². The third-order valence-corrected chi connectivity index (χ3v) is 4.03. The normalized spacial score (nSPS) is 12.0. The number of carbonyl (C=O) groups excluding carboxylic acids is 1. The summed E-state index contributed by atoms with van der Waals surface area (Å²) in [5.74, 6) is 0.271. The molecule has 3 N–H and O–H groups in total. The van der Waals surface area contributed by atoms with E-state index in [2.05, 4.69) is 25.9 Å². The van der Waals surface area contributed by atoms with E-state index in [0.717, 1.165) is 22.3 Å². The highest BCUT2D eigenvalue weighted by Gasteiger charge is 2.33. The number of benzene rings is 1. The number of aromatic nitrogens is 1. The summed E-state index contributed by atoms with van der Waals surface area (Å²) in [6.45, 7) is 1.99. The number of guanidine groups is 1. The van der Waals surface area contributed by atoms with Crippen molar-refractivity contribution in [3.05, 3.63) is 45.9 Å². The molecule has 2 aromatic rings. The van der Waals surface area contributed by atoms with E-state index >= 15 is 0 Å². The molecule has 0 unspecified atom stereocenters. The number of alkyl halides is 3. The van der Waals surface area contributed by atoms with E-state index in [-0.39, 0.29) is 12.5 Å². The number of nitrogens with zero attached hydrogens (tertiary/aromatic N) is 2. The zero-order valence-electron chi connectivity index (χ0n) is 14.1. The second-order valence-corrected chi connectivity index (χ2v) is 6.23. The number of amides is 1. The molecule has 0 saturated carbocycles. The molecule has 1 aromatic heterocycles. The van der Waals surface area contributed by atoms with E-state index in [1.54, 1.807) is 13.1 Å². The van der Waals surface area contributed by atoms with Gasteiger partial charge in [-0.25, -0.2) is 4.98 Å². The number of carbonyl (C=O) groups is 1. The van der Waals surface area contributed by atoms with Crippen molar-refractivity contribution in [3.8, 4) is 0 Å². The molecule has 6 nitrogen and oxygen atoms in total. The Labute approximate surface area is 152 Å². The molecule has 0 spiro atoms. The van der Waals surface area contributed by atoms with Gasteiger partial charge >= 0.3 is 6.18 Å². The summed E-state index contributed by atoms with van der Waals surface area (Å²) in [4.78, 5) is 18.7. The van der Waals surface area contributed by atoms with Crippen molar-refractivity contribution in [2.45, 2.75) is 26.2 Å². The maximum Gasteiger partial charge on any atom is 0.434 e. The van der Waals surface area contributed by atoms with Gasteiger partial charge < -0.3 is 16.0 Å². The van der Waals surface area contributed by atoms with Crippen molar-refractivity contribution in [3.63, 3.8) is 0 Å². The summed E-state index contributed by atoms with van der Waals surface area (Å²) < 4.78 is 37.6. The maximum atomic E-state index is 12.5. The highest BCUT2D eigenvalue weighted by Crippen LogP contribution is 2.29. The molecule has 0 atom stereocenters. The van der Waals surface area contributed by atoms with E-state index in [1.807, 2.05) is 18.2 Å². The van der Waals surface area contributed by atoms with Crippen molar-refractivity contribution < 1.29 is 18.0 Å². The van der Waals surface area contributed by atoms with Gasteiger partial charge in [0.15, 0.2) is 11.7 Å². The van der Waals surface area contributed by atoms with Crippen LogP contribution in [0, 0.1) is 0 Å². The predicted molar refractivity (Wildman–Crippen MR) is 94.9 cm³/mol. The summed E-state index contributed by atoms with van der Waals surface area (Å²) in [6, 6.07) is 7.28. The van der Waals surface area contributed by atoms with Gasteiger partial charge in [-0.05, 0) is 17.7 Å². The minimum absolute atomic E-state index is 0.131. The number of aliphatic imine (C=N–C) groups is 1. The van der Waals surface area contributed by atoms with E-state index in [0.29, 0.717) is 23.2 Å². The molecular weight excluding hydrogens is 367 g/mol. The van der Waals surface area contributed by atoms with Gasteiger partial charge in [0.1, 0.15) is 5.01 Å². The van der Waals surface area contributed by atoms with E-state index in [4.69, 9.17) is 0 Å². The van der Waals surface area contributed by atoms with Crippen LogP contribution in [0.2, 0.25) is 0 Å². The number of anilines is 1. The Kier molecular flexibility index (Phi) is 6.56. The number of hydrogen-bond donors (Lipinski definition) is 3. The Bertz CT molecular complexity index is 788. The first-order chi connectivity index (χ1) is 12.3. The average molecular weight is 385 g/mol. The lowest BCUT2D eigenvalue weighted by Crippen LogP contribution is -2.36. The molecular formula is C16H18F3N5OS. The minimum atomic E-state index is -4.44. The molecule has 0 bridgehead atoms. The largest absolute Gasteiger partial charge is 0.434 e. The van der Waals surface area contributed by atoms with Gasteiger partial charge in [-0.2, -0.15) is 13.2 Å². The van der Waals surface area contributed by atoms with Crippen LogP contribution >= 0.6 is 11.3 Å². The predicted octanol–water partition coefficient (Wildman–Crippen LogP) is 2.99. The molecule has 1 amide bonds. The van der Waals surface area contributed by atoms with Crippen LogP contribution in [0.4, 0.5) is 18.9 Å². The molecule has 0 saturated heterocycles. The monoisotopic (exact) mass is 385 g/mol. The van der Waals surface area contributed by atoms with Gasteiger partial charge in [0, 0.05) is 31.6 Å². The number of halogens is 3. The first-order valence-electron chi connectivity index (χ1n) is 7.60. The van der Waals surface area contributed by atoms with Crippen molar-refractivity contribution in [2.24, 2.45) is 4.99 Å². The molecule has 0 aliphatic carbocycles. The minimum Gasteiger partial charge on any atom is -0.352 e. The quantitative estimate of drug-likeness (QED) is 0.546. The lowest BCUT2D eigenvalue weighted by atomic mass is 10.2. The fourth-order valence-corrected chi connectivity index (χ4v) is 2.79. The number of rotatable bonds is 5. The Balaban J connectivity index is 1.88. The van der Waals surface area contributed by atoms with Crippen LogP contribution in [0.5, 0.6) is 0 Å². The molecule has 0 aliphatic rings. The van der Waals surface area contributed by atoms with Crippen LogP contribution < -0.4 is 16.0 Å². The third kappa shape index (κ3) is 6.03. The Morgan fingerprint density at radius 1 is 1.27 bits per heavy atom. The van der Waals surface area contributed by atoms with Gasteiger partial charge in [0.05, 0.1) is 6.54 Å². The summed E-state index contributed by atoms with van der Waals surface area (Å²) in [6.07, 6.45) is -4.44. The summed E-state index contributed by atoms with van der Waals surface area (Å²) in [5.41, 5.74) is 0.701. The Morgan fingerprint density at radius 2 is 2.00 bits per heavy atom. The molecule has 1 aromatic carbocycles. The van der Waals surface area contributed by atoms with Crippen molar-refractivity contribution in [1.29, 1.82) is 0 Å². The van der Waals surface area contributed by atoms with Crippen LogP contribution in [0.3, 0.4) is 0 Å². The van der Waals surface area contributed by atoms with E-state index < -0.39 is 11.9 Å². The summed E-state index contributed by atoms with van der Waals surface area (Å²) in [7, 11) is 1.56. The zero-order chi connectivity index (χ0) is 19.2. The first kappa shape index (κ1) is 19.7. The number of thiazole rings is 1. The van der Waals surface area contributed by atoms with Gasteiger partial charge in [-0.1, -0.05) is 12.1 Å². The van der Waals surface area contributed by atoms with Crippen molar-refractivity contribution >= 4 is 28.9 Å². The standard InChI is InChI=1S/C16H18F3N5OS/c1-10(25)23-12-5-3-4-11(6-12)7-21-15(20-2)22-8-14-24-13(9-26-14)16(17,18)19/h3-6,9H,7-8H2,1-2H3,(H,23,25)(H2,20,21,22). The molecule has 2 rings (SSSR count). The fourth-order valence-electron chi connectivity index (χ4n) is 2.05. The summed E-state index contributed by atoms with van der Waals surface area (Å²) >= 11 is 0.934. The SMILES string of the molecule is CN=C(NCc1cccc(NC(C)=O)c1)NCc1nc(C(F)(F)F)cs1. The van der Waals surface area contributed by atoms with Crippen LogP contribution in [-0.4, -0.2) is 23.9 Å². The molecule has 140 valence electrons. The van der Waals surface area contributed by atoms with E-state index in [1.165, 1.54) is 6.92 Å². The molecule has 10 heteroatoms. The average Bonchev–Trinajstić information content (AvgIpc) is 3.04. The van der Waals surface area contributed by atoms with E-state index in [9.17, 15) is 18.0 Å². The fraction of sp³-hybridized carbons (Fsp3) is 0.312. The van der Waals surface area contributed by atoms with Crippen LogP contribution in [0.1, 0.15) is 23.2 Å². The van der Waals surface area contributed by atoms with Crippen LogP contribution in [0.25, 0.3) is 0 Å². The van der Waals surface area contributed by atoms with Crippen LogP contribution in [0.15, 0.2) is 34.6 Å². The Hall–Kier alpha value is -2.62. The maximum absolute atomic E-state index is 12.5. The molecule has 1 heterocycles. The first-order valence-corrected chi connectivity index (χ1v) is 8.48. The smallest absolute Gasteiger partial charge is 0.352 e. The molecule has 26 heavy (non-hydrogen) atoms. The topological polar surface area (TPSA) is 78.4 Å². The lowest BCUT2D eigenvalue weighted by Gasteiger charge is -2.12. The molecule has 0 fully saturated rings.